The van der Waals surface area contributed by atoms with E-state index in [9.17, 15) is 0 Å². The van der Waals surface area contributed by atoms with Crippen molar-refractivity contribution >= 4 is 38.9 Å². The number of hydrogen-bond donors (Lipinski definition) is 0. The topological polar surface area (TPSA) is 34.0 Å². The van der Waals surface area contributed by atoms with Crippen LogP contribution in [-0.2, 0) is 0 Å². The molecule has 0 radical (unpaired) electrons. The van der Waals surface area contributed by atoms with Crippen molar-refractivity contribution in [3.8, 4) is 50.7 Å². The first-order valence-electron chi connectivity index (χ1n) is 20.6. The average Bonchev–Trinajstić information content (AvgIpc) is 3.61. The molecule has 0 N–H and O–H groups in total. The highest BCUT2D eigenvalue weighted by Crippen LogP contribution is 2.40. The highest BCUT2D eigenvalue weighted by atomic mass is 15.1. The van der Waals surface area contributed by atoms with Gasteiger partial charge in [-0.1, -0.05) is 139 Å². The average molecular weight is 773 g/mol. The quantitative estimate of drug-likeness (QED) is 0.154. The van der Waals surface area contributed by atoms with Gasteiger partial charge in [0, 0.05) is 50.2 Å². The van der Waals surface area contributed by atoms with E-state index < -0.39 is 0 Å². The van der Waals surface area contributed by atoms with Crippen molar-refractivity contribution in [2.45, 2.75) is 27.7 Å². The molecule has 0 aliphatic heterocycles. The molecule has 0 fully saturated rings. The minimum absolute atomic E-state index is 0.729. The fourth-order valence-corrected chi connectivity index (χ4v) is 8.60. The molecule has 0 atom stereocenters. The fourth-order valence-electron chi connectivity index (χ4n) is 8.60. The molecule has 0 saturated heterocycles. The first kappa shape index (κ1) is 36.8. The minimum atomic E-state index is 0.729. The fraction of sp³-hybridized carbons (Fsp3) is 0.0714. The van der Waals surface area contributed by atoms with E-state index in [0.29, 0.717) is 0 Å². The molecule has 0 spiro atoms. The van der Waals surface area contributed by atoms with Gasteiger partial charge in [-0.15, -0.1) is 0 Å². The standard InChI is InChI=1S/C56H44N4/c1-37-19-23-42(24-20-37)51-36-52(58-56(57-51)43-25-21-38(2)22-26-43)55-39(3)33-44(34-40(55)4)41-27-29-47(30-28-41)60-53-18-12-11-17-49(53)50-35-48(31-32-54(50)60)59(45-13-7-5-8-14-45)46-15-9-6-10-16-46/h5-36H,1-4H3. The summed E-state index contributed by atoms with van der Waals surface area (Å²) in [6.07, 6.45) is 0. The van der Waals surface area contributed by atoms with Crippen molar-refractivity contribution < 1.29 is 0 Å². The maximum Gasteiger partial charge on any atom is 0.160 e. The molecule has 4 heteroatoms. The zero-order valence-electron chi connectivity index (χ0n) is 34.3. The van der Waals surface area contributed by atoms with E-state index in [0.717, 1.165) is 56.7 Å². The Morgan fingerprint density at radius 3 is 1.55 bits per heavy atom. The summed E-state index contributed by atoms with van der Waals surface area (Å²) in [5, 5.41) is 2.44. The van der Waals surface area contributed by atoms with Gasteiger partial charge in [-0.3, -0.25) is 0 Å². The zero-order chi connectivity index (χ0) is 40.7. The van der Waals surface area contributed by atoms with Gasteiger partial charge in [-0.2, -0.15) is 0 Å². The molecule has 0 saturated carbocycles. The van der Waals surface area contributed by atoms with E-state index in [1.54, 1.807) is 0 Å². The van der Waals surface area contributed by atoms with Crippen molar-refractivity contribution in [3.63, 3.8) is 0 Å². The summed E-state index contributed by atoms with van der Waals surface area (Å²) in [6.45, 7) is 8.61. The summed E-state index contributed by atoms with van der Waals surface area (Å²) < 4.78 is 2.39. The Bertz CT molecular complexity index is 3020. The summed E-state index contributed by atoms with van der Waals surface area (Å²) in [5.41, 5.74) is 19.0. The van der Waals surface area contributed by atoms with Crippen LogP contribution in [0, 0.1) is 27.7 Å². The van der Waals surface area contributed by atoms with Gasteiger partial charge in [0.05, 0.1) is 22.4 Å². The summed E-state index contributed by atoms with van der Waals surface area (Å²) in [5.74, 6) is 0.729. The molecule has 2 aromatic heterocycles. The number of hydrogen-bond acceptors (Lipinski definition) is 3. The molecule has 10 rings (SSSR count). The second-order valence-electron chi connectivity index (χ2n) is 15.8. The Kier molecular flexibility index (Phi) is 9.38. The molecule has 10 aromatic rings. The van der Waals surface area contributed by atoms with Crippen molar-refractivity contribution in [1.82, 2.24) is 14.5 Å². The smallest absolute Gasteiger partial charge is 0.160 e. The number of para-hydroxylation sites is 3. The minimum Gasteiger partial charge on any atom is -0.310 e. The van der Waals surface area contributed by atoms with Crippen LogP contribution >= 0.6 is 0 Å². The highest BCUT2D eigenvalue weighted by Gasteiger charge is 2.19. The van der Waals surface area contributed by atoms with E-state index in [1.165, 1.54) is 55.2 Å². The molecule has 8 aromatic carbocycles. The first-order chi connectivity index (χ1) is 29.4. The maximum atomic E-state index is 5.19. The van der Waals surface area contributed by atoms with Gasteiger partial charge in [0.2, 0.25) is 0 Å². The Morgan fingerprint density at radius 2 is 0.917 bits per heavy atom. The van der Waals surface area contributed by atoms with E-state index >= 15 is 0 Å². The number of aryl methyl sites for hydroxylation is 4. The van der Waals surface area contributed by atoms with Crippen LogP contribution in [0.4, 0.5) is 17.1 Å². The molecule has 0 amide bonds. The van der Waals surface area contributed by atoms with Gasteiger partial charge < -0.3 is 9.47 Å². The molecule has 288 valence electrons. The number of fused-ring (bicyclic) bond motifs is 3. The monoisotopic (exact) mass is 772 g/mol. The molecule has 2 heterocycles. The lowest BCUT2D eigenvalue weighted by molar-refractivity contribution is 1.17. The first-order valence-corrected chi connectivity index (χ1v) is 20.6. The maximum absolute atomic E-state index is 5.19. The van der Waals surface area contributed by atoms with Gasteiger partial charge in [-0.25, -0.2) is 9.97 Å². The lowest BCUT2D eigenvalue weighted by Crippen LogP contribution is -2.09. The lowest BCUT2D eigenvalue weighted by atomic mass is 9.93. The third kappa shape index (κ3) is 6.82. The van der Waals surface area contributed by atoms with Crippen LogP contribution in [-0.4, -0.2) is 14.5 Å². The summed E-state index contributed by atoms with van der Waals surface area (Å²) >= 11 is 0. The summed E-state index contributed by atoms with van der Waals surface area (Å²) in [6, 6.07) is 69.5. The van der Waals surface area contributed by atoms with E-state index in [-0.39, 0.29) is 0 Å². The molecule has 4 nitrogen and oxygen atoms in total. The number of rotatable bonds is 8. The van der Waals surface area contributed by atoms with Gasteiger partial charge >= 0.3 is 0 Å². The SMILES string of the molecule is Cc1ccc(-c2cc(-c3c(C)cc(-c4ccc(-n5c6ccccc6c6cc(N(c7ccccc7)c7ccccc7)ccc65)cc4)cc3C)nc(-c3ccc(C)cc3)n2)cc1. The Labute approximate surface area is 351 Å². The lowest BCUT2D eigenvalue weighted by Gasteiger charge is -2.25. The van der Waals surface area contributed by atoms with Crippen LogP contribution in [0.3, 0.4) is 0 Å². The second-order valence-corrected chi connectivity index (χ2v) is 15.8. The van der Waals surface area contributed by atoms with Crippen LogP contribution in [0.1, 0.15) is 22.3 Å². The predicted molar refractivity (Wildman–Crippen MR) is 252 cm³/mol. The highest BCUT2D eigenvalue weighted by molar-refractivity contribution is 6.10. The Hall–Kier alpha value is -7.56. The van der Waals surface area contributed by atoms with Crippen molar-refractivity contribution in [3.05, 3.63) is 216 Å². The van der Waals surface area contributed by atoms with Gasteiger partial charge in [0.15, 0.2) is 5.82 Å². The van der Waals surface area contributed by atoms with E-state index in [1.807, 2.05) is 0 Å². The summed E-state index contributed by atoms with van der Waals surface area (Å²) in [4.78, 5) is 12.6. The molecule has 0 unspecified atom stereocenters. The van der Waals surface area contributed by atoms with Gasteiger partial charge in [-0.05, 0) is 117 Å². The van der Waals surface area contributed by atoms with E-state index in [2.05, 4.69) is 231 Å². The molecular weight excluding hydrogens is 729 g/mol. The second kappa shape index (κ2) is 15.3. The van der Waals surface area contributed by atoms with Crippen LogP contribution in [0.5, 0.6) is 0 Å². The van der Waals surface area contributed by atoms with Crippen molar-refractivity contribution in [1.29, 1.82) is 0 Å². The van der Waals surface area contributed by atoms with Crippen LogP contribution in [0.2, 0.25) is 0 Å². The molecule has 60 heavy (non-hydrogen) atoms. The predicted octanol–water partition coefficient (Wildman–Crippen LogP) is 14.9. The third-order valence-corrected chi connectivity index (χ3v) is 11.6. The van der Waals surface area contributed by atoms with Crippen LogP contribution in [0.25, 0.3) is 72.5 Å². The van der Waals surface area contributed by atoms with Crippen LogP contribution < -0.4 is 4.90 Å². The molecular formula is C56H44N4. The molecule has 0 aliphatic carbocycles. The normalized spacial score (nSPS) is 11.3. The third-order valence-electron chi connectivity index (χ3n) is 11.6. The van der Waals surface area contributed by atoms with Gasteiger partial charge in [0.1, 0.15) is 0 Å². The number of nitrogens with zero attached hydrogens (tertiary/aromatic N) is 4. The number of benzene rings is 8. The number of aromatic nitrogens is 3. The van der Waals surface area contributed by atoms with Gasteiger partial charge in [0.25, 0.3) is 0 Å². The number of anilines is 3. The zero-order valence-corrected chi connectivity index (χ0v) is 34.3. The molecule has 0 bridgehead atoms. The Balaban J connectivity index is 1.02. The summed E-state index contributed by atoms with van der Waals surface area (Å²) in [7, 11) is 0. The van der Waals surface area contributed by atoms with Crippen molar-refractivity contribution in [2.75, 3.05) is 4.90 Å². The molecule has 0 aliphatic rings. The van der Waals surface area contributed by atoms with Crippen LogP contribution in [0.15, 0.2) is 194 Å². The Morgan fingerprint density at radius 1 is 0.383 bits per heavy atom. The van der Waals surface area contributed by atoms with Crippen molar-refractivity contribution in [2.24, 2.45) is 0 Å². The largest absolute Gasteiger partial charge is 0.310 e. The van der Waals surface area contributed by atoms with E-state index in [4.69, 9.17) is 9.97 Å².